The minimum atomic E-state index is 0.265. The molecule has 158 valence electrons. The van der Waals surface area contributed by atoms with E-state index in [4.69, 9.17) is 21.1 Å². The molecule has 0 N–H and O–H groups in total. The van der Waals surface area contributed by atoms with Crippen LogP contribution in [-0.2, 0) is 19.4 Å². The van der Waals surface area contributed by atoms with Gasteiger partial charge in [-0.2, -0.15) is 0 Å². The lowest BCUT2D eigenvalue weighted by molar-refractivity contribution is 0.174. The molecule has 3 aromatic carbocycles. The van der Waals surface area contributed by atoms with Gasteiger partial charge in [-0.25, -0.2) is 0 Å². The smallest absolute Gasteiger partial charge is 0.231 e. The molecule has 31 heavy (non-hydrogen) atoms. The van der Waals surface area contributed by atoms with E-state index in [0.717, 1.165) is 54.4 Å². The van der Waals surface area contributed by atoms with Crippen molar-refractivity contribution in [1.82, 2.24) is 4.90 Å². The van der Waals surface area contributed by atoms with Crippen molar-refractivity contribution in [3.63, 3.8) is 0 Å². The molecule has 1 aliphatic heterocycles. The molecular weight excluding hydrogens is 406 g/mol. The molecule has 0 radical (unpaired) electrons. The van der Waals surface area contributed by atoms with Gasteiger partial charge in [0.25, 0.3) is 0 Å². The number of halogens is 1. The van der Waals surface area contributed by atoms with Crippen LogP contribution in [0.2, 0.25) is 5.02 Å². The molecule has 0 spiro atoms. The molecule has 3 aromatic rings. The van der Waals surface area contributed by atoms with Crippen LogP contribution in [0, 0.1) is 0 Å². The van der Waals surface area contributed by atoms with Crippen LogP contribution < -0.4 is 9.47 Å². The van der Waals surface area contributed by atoms with Gasteiger partial charge in [0.15, 0.2) is 11.5 Å². The van der Waals surface area contributed by atoms with Gasteiger partial charge in [0.2, 0.25) is 6.79 Å². The van der Waals surface area contributed by atoms with Gasteiger partial charge in [0.1, 0.15) is 0 Å². The Hall–Kier alpha value is -2.75. The van der Waals surface area contributed by atoms with Gasteiger partial charge in [-0.3, -0.25) is 0 Å². The molecular formula is C27H26ClNO2. The number of ether oxygens (including phenoxy) is 2. The van der Waals surface area contributed by atoms with Crippen LogP contribution >= 0.6 is 11.6 Å². The Morgan fingerprint density at radius 1 is 0.903 bits per heavy atom. The van der Waals surface area contributed by atoms with Gasteiger partial charge in [-0.15, -0.1) is 0 Å². The van der Waals surface area contributed by atoms with Crippen LogP contribution in [0.15, 0.2) is 66.7 Å². The summed E-state index contributed by atoms with van der Waals surface area (Å²) in [6, 6.07) is 21.5. The van der Waals surface area contributed by atoms with Crippen LogP contribution in [0.1, 0.15) is 34.2 Å². The lowest BCUT2D eigenvalue weighted by Gasteiger charge is -2.18. The summed E-state index contributed by atoms with van der Waals surface area (Å²) in [6.45, 7) is 1.98. The average molecular weight is 432 g/mol. The highest BCUT2D eigenvalue weighted by Gasteiger charge is 2.18. The molecule has 2 aliphatic rings. The first-order valence-corrected chi connectivity index (χ1v) is 11.2. The van der Waals surface area contributed by atoms with Gasteiger partial charge in [-0.1, -0.05) is 66.2 Å². The highest BCUT2D eigenvalue weighted by molar-refractivity contribution is 6.31. The lowest BCUT2D eigenvalue weighted by atomic mass is 9.93. The van der Waals surface area contributed by atoms with Gasteiger partial charge >= 0.3 is 0 Å². The Balaban J connectivity index is 1.34. The van der Waals surface area contributed by atoms with Crippen molar-refractivity contribution in [3.8, 4) is 11.5 Å². The molecule has 0 saturated carbocycles. The van der Waals surface area contributed by atoms with E-state index in [1.807, 2.05) is 12.1 Å². The fourth-order valence-electron chi connectivity index (χ4n) is 4.52. The van der Waals surface area contributed by atoms with E-state index in [0.29, 0.717) is 0 Å². The number of aryl methyl sites for hydroxylation is 2. The molecule has 0 fully saturated rings. The number of nitrogens with zero attached hydrogens (tertiary/aromatic N) is 1. The van der Waals surface area contributed by atoms with Gasteiger partial charge in [-0.05, 0) is 65.8 Å². The Labute approximate surface area is 188 Å². The van der Waals surface area contributed by atoms with Crippen LogP contribution in [0.4, 0.5) is 0 Å². The molecule has 1 aliphatic carbocycles. The maximum Gasteiger partial charge on any atom is 0.231 e. The predicted octanol–water partition coefficient (Wildman–Crippen LogP) is 6.12. The largest absolute Gasteiger partial charge is 0.454 e. The standard InChI is InChI=1S/C27H26ClNO2/c1-29(17-21-15-26-27(16-25(21)28)31-18-30-26)14-6-11-24-22-9-4-2-7-19(22)12-13-20-8-3-5-10-23(20)24/h2-5,7-11,15-16H,6,12-14,17-18H2,1H3. The van der Waals surface area contributed by atoms with Crippen molar-refractivity contribution < 1.29 is 9.47 Å². The van der Waals surface area contributed by atoms with Crippen LogP contribution in [0.3, 0.4) is 0 Å². The second-order valence-corrected chi connectivity index (χ2v) is 8.66. The fraction of sp³-hybridized carbons (Fsp3) is 0.259. The van der Waals surface area contributed by atoms with Crippen molar-refractivity contribution in [2.24, 2.45) is 0 Å². The van der Waals surface area contributed by atoms with E-state index < -0.39 is 0 Å². The van der Waals surface area contributed by atoms with Crippen molar-refractivity contribution in [3.05, 3.63) is 99.6 Å². The molecule has 1 heterocycles. The summed E-state index contributed by atoms with van der Waals surface area (Å²) in [5.41, 5.74) is 8.03. The summed E-state index contributed by atoms with van der Waals surface area (Å²) in [6.07, 6.45) is 5.55. The quantitative estimate of drug-likeness (QED) is 0.485. The van der Waals surface area contributed by atoms with Crippen LogP contribution in [0.5, 0.6) is 11.5 Å². The molecule has 0 atom stereocenters. The van der Waals surface area contributed by atoms with E-state index in [-0.39, 0.29) is 6.79 Å². The van der Waals surface area contributed by atoms with Gasteiger partial charge in [0, 0.05) is 24.2 Å². The van der Waals surface area contributed by atoms with Crippen molar-refractivity contribution in [1.29, 1.82) is 0 Å². The van der Waals surface area contributed by atoms with Crippen LogP contribution in [0.25, 0.3) is 5.57 Å². The van der Waals surface area contributed by atoms with E-state index in [1.165, 1.54) is 27.8 Å². The Morgan fingerprint density at radius 3 is 2.19 bits per heavy atom. The zero-order valence-electron chi connectivity index (χ0n) is 17.7. The molecule has 4 heteroatoms. The van der Waals surface area contributed by atoms with Crippen molar-refractivity contribution in [2.45, 2.75) is 25.8 Å². The lowest BCUT2D eigenvalue weighted by Crippen LogP contribution is -2.19. The SMILES string of the molecule is CN(CCC=C1c2ccccc2CCc2ccccc21)Cc1cc2c(cc1Cl)OCO2. The molecule has 0 amide bonds. The highest BCUT2D eigenvalue weighted by atomic mass is 35.5. The number of rotatable bonds is 5. The number of hydrogen-bond donors (Lipinski definition) is 0. The molecule has 0 saturated heterocycles. The van der Waals surface area contributed by atoms with E-state index in [9.17, 15) is 0 Å². The third-order valence-corrected chi connectivity index (χ3v) is 6.47. The topological polar surface area (TPSA) is 21.7 Å². The molecule has 0 aromatic heterocycles. The third kappa shape index (κ3) is 4.21. The number of hydrogen-bond acceptors (Lipinski definition) is 3. The maximum absolute atomic E-state index is 6.46. The third-order valence-electron chi connectivity index (χ3n) is 6.12. The first-order chi connectivity index (χ1) is 15.2. The average Bonchev–Trinajstić information content (AvgIpc) is 3.16. The number of fused-ring (bicyclic) bond motifs is 3. The van der Waals surface area contributed by atoms with E-state index >= 15 is 0 Å². The summed E-state index contributed by atoms with van der Waals surface area (Å²) in [5.74, 6) is 1.51. The molecule has 0 unspecified atom stereocenters. The fourth-order valence-corrected chi connectivity index (χ4v) is 4.73. The zero-order valence-corrected chi connectivity index (χ0v) is 18.5. The van der Waals surface area contributed by atoms with Crippen molar-refractivity contribution in [2.75, 3.05) is 20.4 Å². The van der Waals surface area contributed by atoms with E-state index in [2.05, 4.69) is 66.6 Å². The molecule has 0 bridgehead atoms. The number of benzene rings is 3. The van der Waals surface area contributed by atoms with E-state index in [1.54, 1.807) is 0 Å². The Morgan fingerprint density at radius 2 is 1.52 bits per heavy atom. The van der Waals surface area contributed by atoms with Gasteiger partial charge < -0.3 is 14.4 Å². The zero-order chi connectivity index (χ0) is 21.2. The first-order valence-electron chi connectivity index (χ1n) is 10.8. The summed E-state index contributed by atoms with van der Waals surface area (Å²) >= 11 is 6.46. The minimum absolute atomic E-state index is 0.265. The Kier molecular flexibility index (Phi) is 5.71. The van der Waals surface area contributed by atoms with Gasteiger partial charge in [0.05, 0.1) is 0 Å². The molecule has 5 rings (SSSR count). The van der Waals surface area contributed by atoms with Crippen LogP contribution in [-0.4, -0.2) is 25.3 Å². The summed E-state index contributed by atoms with van der Waals surface area (Å²) in [5, 5.41) is 0.723. The predicted molar refractivity (Wildman–Crippen MR) is 126 cm³/mol. The normalized spacial score (nSPS) is 14.2. The molecule has 3 nitrogen and oxygen atoms in total. The minimum Gasteiger partial charge on any atom is -0.454 e. The first kappa shape index (κ1) is 20.2. The summed E-state index contributed by atoms with van der Waals surface area (Å²) < 4.78 is 10.9. The van der Waals surface area contributed by atoms with Crippen molar-refractivity contribution >= 4 is 17.2 Å². The highest BCUT2D eigenvalue weighted by Crippen LogP contribution is 2.37. The summed E-state index contributed by atoms with van der Waals surface area (Å²) in [7, 11) is 2.13. The second-order valence-electron chi connectivity index (χ2n) is 8.26. The summed E-state index contributed by atoms with van der Waals surface area (Å²) in [4.78, 5) is 2.30. The maximum atomic E-state index is 6.46. The second kappa shape index (κ2) is 8.78. The Bertz CT molecular complexity index is 1090. The monoisotopic (exact) mass is 431 g/mol.